The molecule has 0 N–H and O–H groups in total. The van der Waals surface area contributed by atoms with Crippen molar-refractivity contribution in [3.63, 3.8) is 0 Å². The highest BCUT2D eigenvalue weighted by molar-refractivity contribution is 7.09. The summed E-state index contributed by atoms with van der Waals surface area (Å²) in [4.78, 5) is 15.6. The van der Waals surface area contributed by atoms with Crippen LogP contribution in [0.2, 0.25) is 0 Å². The summed E-state index contributed by atoms with van der Waals surface area (Å²) in [5.41, 5.74) is 1.05. The first-order chi connectivity index (χ1) is 13.2. The van der Waals surface area contributed by atoms with Crippen LogP contribution in [0.3, 0.4) is 0 Å². The van der Waals surface area contributed by atoms with Gasteiger partial charge in [-0.05, 0) is 42.0 Å². The van der Waals surface area contributed by atoms with Gasteiger partial charge in [0.05, 0.1) is 12.7 Å². The van der Waals surface area contributed by atoms with E-state index in [1.165, 1.54) is 4.88 Å². The summed E-state index contributed by atoms with van der Waals surface area (Å²) >= 11 is 1.74. The Hall–Kier alpha value is -1.89. The lowest BCUT2D eigenvalue weighted by Crippen LogP contribution is -2.38. The quantitative estimate of drug-likeness (QED) is 0.624. The van der Waals surface area contributed by atoms with Crippen molar-refractivity contribution in [1.82, 2.24) is 4.90 Å². The van der Waals surface area contributed by atoms with Gasteiger partial charge < -0.3 is 19.1 Å². The van der Waals surface area contributed by atoms with Gasteiger partial charge in [0.25, 0.3) is 0 Å². The molecule has 1 aliphatic rings. The molecule has 0 spiro atoms. The number of methoxy groups -OCH3 is 1. The number of carbonyl (C=O) groups is 1. The van der Waals surface area contributed by atoms with Crippen molar-refractivity contribution in [2.75, 3.05) is 33.5 Å². The maximum atomic E-state index is 12.4. The van der Waals surface area contributed by atoms with Crippen molar-refractivity contribution in [3.05, 3.63) is 52.2 Å². The predicted molar refractivity (Wildman–Crippen MR) is 106 cm³/mol. The van der Waals surface area contributed by atoms with Crippen molar-refractivity contribution in [2.24, 2.45) is 0 Å². The highest BCUT2D eigenvalue weighted by Gasteiger charge is 2.22. The fourth-order valence-electron chi connectivity index (χ4n) is 3.18. The van der Waals surface area contributed by atoms with Crippen molar-refractivity contribution < 1.29 is 19.0 Å². The van der Waals surface area contributed by atoms with Crippen LogP contribution in [0.5, 0.6) is 5.75 Å². The third-order valence-electron chi connectivity index (χ3n) is 4.54. The number of rotatable bonds is 10. The number of carbonyl (C=O) groups excluding carboxylic acids is 1. The van der Waals surface area contributed by atoms with Crippen LogP contribution in [0, 0.1) is 0 Å². The van der Waals surface area contributed by atoms with Gasteiger partial charge in [0, 0.05) is 38.1 Å². The first kappa shape index (κ1) is 19.9. The third-order valence-corrected chi connectivity index (χ3v) is 5.47. The number of amides is 1. The van der Waals surface area contributed by atoms with Gasteiger partial charge in [0.2, 0.25) is 5.91 Å². The van der Waals surface area contributed by atoms with Gasteiger partial charge in [-0.15, -0.1) is 11.3 Å². The molecular weight excluding hydrogens is 362 g/mol. The van der Waals surface area contributed by atoms with Gasteiger partial charge in [-0.25, -0.2) is 0 Å². The van der Waals surface area contributed by atoms with Gasteiger partial charge >= 0.3 is 0 Å². The fraction of sp³-hybridized carbons (Fsp3) is 0.476. The van der Waals surface area contributed by atoms with Crippen LogP contribution in [0.25, 0.3) is 0 Å². The zero-order valence-electron chi connectivity index (χ0n) is 15.8. The van der Waals surface area contributed by atoms with E-state index in [9.17, 15) is 4.79 Å². The van der Waals surface area contributed by atoms with Crippen LogP contribution in [0.4, 0.5) is 0 Å². The average molecular weight is 390 g/mol. The summed E-state index contributed by atoms with van der Waals surface area (Å²) in [5, 5.41) is 2.08. The fourth-order valence-corrected chi connectivity index (χ4v) is 3.87. The van der Waals surface area contributed by atoms with E-state index in [4.69, 9.17) is 14.2 Å². The Labute approximate surface area is 164 Å². The van der Waals surface area contributed by atoms with E-state index in [1.54, 1.807) is 18.4 Å². The molecule has 1 saturated heterocycles. The molecule has 1 atom stereocenters. The monoisotopic (exact) mass is 389 g/mol. The molecule has 0 aliphatic carbocycles. The molecule has 1 amide bonds. The molecule has 0 unspecified atom stereocenters. The summed E-state index contributed by atoms with van der Waals surface area (Å²) < 4.78 is 16.6. The molecule has 2 heterocycles. The highest BCUT2D eigenvalue weighted by Crippen LogP contribution is 2.19. The van der Waals surface area contributed by atoms with Crippen molar-refractivity contribution in [3.8, 4) is 5.75 Å². The molecule has 1 aromatic heterocycles. The van der Waals surface area contributed by atoms with Gasteiger partial charge in [-0.3, -0.25) is 4.79 Å². The lowest BCUT2D eigenvalue weighted by molar-refractivity contribution is -0.137. The maximum absolute atomic E-state index is 12.4. The van der Waals surface area contributed by atoms with Crippen molar-refractivity contribution in [2.45, 2.75) is 31.9 Å². The van der Waals surface area contributed by atoms with E-state index in [-0.39, 0.29) is 18.6 Å². The smallest absolute Gasteiger partial charge is 0.248 e. The van der Waals surface area contributed by atoms with E-state index < -0.39 is 0 Å². The first-order valence-corrected chi connectivity index (χ1v) is 10.2. The molecule has 1 aliphatic heterocycles. The van der Waals surface area contributed by atoms with E-state index in [0.29, 0.717) is 19.7 Å². The first-order valence-electron chi connectivity index (χ1n) is 9.37. The molecule has 0 radical (unpaired) electrons. The summed E-state index contributed by atoms with van der Waals surface area (Å²) in [7, 11) is 1.55. The highest BCUT2D eigenvalue weighted by atomic mass is 32.1. The molecule has 6 heteroatoms. The number of ether oxygens (including phenoxy) is 3. The van der Waals surface area contributed by atoms with Gasteiger partial charge in [-0.2, -0.15) is 0 Å². The SMILES string of the molecule is COCC(=O)N(Cc1cccc(OCCc2cccs2)c1)C[C@@H]1CCCO1. The Bertz CT molecular complexity index is 698. The molecule has 2 aromatic rings. The van der Waals surface area contributed by atoms with Crippen molar-refractivity contribution >= 4 is 17.2 Å². The Balaban J connectivity index is 1.57. The summed E-state index contributed by atoms with van der Waals surface area (Å²) in [5.74, 6) is 0.817. The Morgan fingerprint density at radius 2 is 2.26 bits per heavy atom. The van der Waals surface area contributed by atoms with Crippen LogP contribution in [0.15, 0.2) is 41.8 Å². The van der Waals surface area contributed by atoms with Crippen LogP contribution in [0.1, 0.15) is 23.3 Å². The third kappa shape index (κ3) is 6.34. The van der Waals surface area contributed by atoms with E-state index in [0.717, 1.165) is 37.2 Å². The zero-order valence-corrected chi connectivity index (χ0v) is 16.6. The van der Waals surface area contributed by atoms with E-state index in [1.807, 2.05) is 29.2 Å². The van der Waals surface area contributed by atoms with E-state index >= 15 is 0 Å². The molecule has 0 saturated carbocycles. The van der Waals surface area contributed by atoms with Gasteiger partial charge in [-0.1, -0.05) is 18.2 Å². The molecule has 5 nitrogen and oxygen atoms in total. The minimum atomic E-state index is -0.0167. The average Bonchev–Trinajstić information content (AvgIpc) is 3.36. The Morgan fingerprint density at radius 1 is 1.33 bits per heavy atom. The molecule has 3 rings (SSSR count). The van der Waals surface area contributed by atoms with Crippen LogP contribution < -0.4 is 4.74 Å². The lowest BCUT2D eigenvalue weighted by atomic mass is 10.1. The Kier molecular flexibility index (Phi) is 7.68. The summed E-state index contributed by atoms with van der Waals surface area (Å²) in [6.07, 6.45) is 3.09. The maximum Gasteiger partial charge on any atom is 0.248 e. The van der Waals surface area contributed by atoms with Crippen molar-refractivity contribution in [1.29, 1.82) is 0 Å². The minimum Gasteiger partial charge on any atom is -0.493 e. The zero-order chi connectivity index (χ0) is 18.9. The molecular formula is C21H27NO4S. The second kappa shape index (κ2) is 10.4. The topological polar surface area (TPSA) is 48.0 Å². The van der Waals surface area contributed by atoms with Crippen LogP contribution in [-0.2, 0) is 27.2 Å². The molecule has 0 bridgehead atoms. The Morgan fingerprint density at radius 3 is 3.00 bits per heavy atom. The van der Waals surface area contributed by atoms with Crippen LogP contribution in [-0.4, -0.2) is 50.4 Å². The standard InChI is InChI=1S/C21H27NO4S/c1-24-16-21(23)22(15-19-7-3-10-25-19)14-17-5-2-6-18(13-17)26-11-9-20-8-4-12-27-20/h2,4-6,8,12-13,19H,3,7,9-11,14-16H2,1H3/t19-/m0/s1. The largest absolute Gasteiger partial charge is 0.493 e. The number of nitrogens with zero attached hydrogens (tertiary/aromatic N) is 1. The van der Waals surface area contributed by atoms with Gasteiger partial charge in [0.1, 0.15) is 12.4 Å². The number of thiophene rings is 1. The molecule has 146 valence electrons. The number of benzene rings is 1. The molecule has 1 fully saturated rings. The second-order valence-electron chi connectivity index (χ2n) is 6.67. The van der Waals surface area contributed by atoms with E-state index in [2.05, 4.69) is 17.5 Å². The predicted octanol–water partition coefficient (Wildman–Crippen LogP) is 3.52. The molecule has 27 heavy (non-hydrogen) atoms. The normalized spacial score (nSPS) is 16.4. The lowest BCUT2D eigenvalue weighted by Gasteiger charge is -2.25. The summed E-state index contributed by atoms with van der Waals surface area (Å²) in [6, 6.07) is 12.1. The molecule has 1 aromatic carbocycles. The minimum absolute atomic E-state index is 0.0167. The second-order valence-corrected chi connectivity index (χ2v) is 7.70. The summed E-state index contributed by atoms with van der Waals surface area (Å²) in [6.45, 7) is 2.65. The number of hydrogen-bond acceptors (Lipinski definition) is 5. The van der Waals surface area contributed by atoms with Crippen LogP contribution >= 0.6 is 11.3 Å². The van der Waals surface area contributed by atoms with Gasteiger partial charge in [0.15, 0.2) is 0 Å². The number of hydrogen-bond donors (Lipinski definition) is 0.